The second-order valence-electron chi connectivity index (χ2n) is 5.28. The van der Waals surface area contributed by atoms with Gasteiger partial charge in [0, 0.05) is 0 Å². The van der Waals surface area contributed by atoms with E-state index in [9.17, 15) is 19.8 Å². The number of carbonyl (C=O) groups is 2. The van der Waals surface area contributed by atoms with Crippen molar-refractivity contribution < 1.29 is 19.8 Å². The predicted octanol–water partition coefficient (Wildman–Crippen LogP) is 4.16. The maximum absolute atomic E-state index is 11.8. The van der Waals surface area contributed by atoms with E-state index in [2.05, 4.69) is 0 Å². The Bertz CT molecular complexity index is 965. The fraction of sp³-hybridized carbons (Fsp3) is 0. The minimum atomic E-state index is -1.11. The van der Waals surface area contributed by atoms with Crippen molar-refractivity contribution in [1.82, 2.24) is 0 Å². The summed E-state index contributed by atoms with van der Waals surface area (Å²) in [7, 11) is 0. The molecule has 3 rings (SSSR count). The first kappa shape index (κ1) is 15.5. The molecule has 0 bridgehead atoms. The summed E-state index contributed by atoms with van der Waals surface area (Å²) in [5.41, 5.74) is 1.04. The molecular formula is C20H14O4. The van der Waals surface area contributed by atoms with Crippen LogP contribution in [0.2, 0.25) is 0 Å². The number of carboxylic acid groups (broad SMARTS) is 2. The van der Waals surface area contributed by atoms with Gasteiger partial charge >= 0.3 is 11.9 Å². The molecule has 3 aromatic rings. The van der Waals surface area contributed by atoms with Crippen molar-refractivity contribution in [2.45, 2.75) is 0 Å². The van der Waals surface area contributed by atoms with E-state index in [4.69, 9.17) is 0 Å². The van der Waals surface area contributed by atoms with Crippen LogP contribution in [-0.2, 0) is 4.79 Å². The lowest BCUT2D eigenvalue weighted by atomic mass is 9.95. The van der Waals surface area contributed by atoms with Crippen LogP contribution in [0.4, 0.5) is 0 Å². The maximum atomic E-state index is 11.8. The minimum absolute atomic E-state index is 0.0560. The van der Waals surface area contributed by atoms with Gasteiger partial charge < -0.3 is 10.2 Å². The third kappa shape index (κ3) is 2.90. The van der Waals surface area contributed by atoms with Crippen molar-refractivity contribution in [3.8, 4) is 0 Å². The number of benzene rings is 3. The fourth-order valence-corrected chi connectivity index (χ4v) is 2.69. The molecule has 4 heteroatoms. The summed E-state index contributed by atoms with van der Waals surface area (Å²) < 4.78 is 0. The Hall–Kier alpha value is -3.40. The molecule has 24 heavy (non-hydrogen) atoms. The molecule has 0 fully saturated rings. The van der Waals surface area contributed by atoms with Crippen LogP contribution in [0.5, 0.6) is 0 Å². The van der Waals surface area contributed by atoms with E-state index in [-0.39, 0.29) is 11.1 Å². The Morgan fingerprint density at radius 1 is 0.750 bits per heavy atom. The van der Waals surface area contributed by atoms with Gasteiger partial charge in [-0.3, -0.25) is 0 Å². The van der Waals surface area contributed by atoms with E-state index in [1.54, 1.807) is 30.3 Å². The van der Waals surface area contributed by atoms with Crippen LogP contribution in [-0.4, -0.2) is 22.2 Å². The lowest BCUT2D eigenvalue weighted by Gasteiger charge is -2.09. The van der Waals surface area contributed by atoms with Crippen molar-refractivity contribution in [2.24, 2.45) is 0 Å². The Labute approximate surface area is 138 Å². The van der Waals surface area contributed by atoms with Gasteiger partial charge in [0.15, 0.2) is 0 Å². The van der Waals surface area contributed by atoms with Crippen LogP contribution in [0.1, 0.15) is 21.5 Å². The van der Waals surface area contributed by atoms with Crippen molar-refractivity contribution in [3.05, 3.63) is 83.4 Å². The van der Waals surface area contributed by atoms with Gasteiger partial charge in [0.1, 0.15) is 0 Å². The number of hydrogen-bond acceptors (Lipinski definition) is 2. The van der Waals surface area contributed by atoms with Crippen LogP contribution in [0.25, 0.3) is 22.4 Å². The van der Waals surface area contributed by atoms with Crippen LogP contribution < -0.4 is 0 Å². The summed E-state index contributed by atoms with van der Waals surface area (Å²) in [5, 5.41) is 20.7. The standard InChI is InChI=1S/C20H14O4/c21-19(22)16-10-4-2-7-14(16)12-18(20(23)24)17-11-5-8-13-6-1-3-9-15(13)17/h1-12H,(H,21,22)(H,23,24)/b18-12-. The zero-order chi connectivity index (χ0) is 17.1. The predicted molar refractivity (Wildman–Crippen MR) is 92.9 cm³/mol. The van der Waals surface area contributed by atoms with E-state index in [1.165, 1.54) is 12.1 Å². The molecule has 0 atom stereocenters. The van der Waals surface area contributed by atoms with Crippen LogP contribution >= 0.6 is 0 Å². The summed E-state index contributed by atoms with van der Waals surface area (Å²) >= 11 is 0. The number of carboxylic acids is 2. The highest BCUT2D eigenvalue weighted by Crippen LogP contribution is 2.27. The molecule has 0 saturated heterocycles. The molecule has 3 aromatic carbocycles. The summed E-state index contributed by atoms with van der Waals surface area (Å²) in [6, 6.07) is 19.3. The average Bonchev–Trinajstić information content (AvgIpc) is 2.59. The third-order valence-electron chi connectivity index (χ3n) is 3.80. The number of fused-ring (bicyclic) bond motifs is 1. The third-order valence-corrected chi connectivity index (χ3v) is 3.80. The molecule has 0 radical (unpaired) electrons. The normalized spacial score (nSPS) is 11.4. The fourth-order valence-electron chi connectivity index (χ4n) is 2.69. The monoisotopic (exact) mass is 318 g/mol. The molecule has 0 heterocycles. The van der Waals surface area contributed by atoms with Gasteiger partial charge in [0.25, 0.3) is 0 Å². The Morgan fingerprint density at radius 2 is 1.38 bits per heavy atom. The molecule has 4 nitrogen and oxygen atoms in total. The number of rotatable bonds is 4. The van der Waals surface area contributed by atoms with Crippen LogP contribution in [0.15, 0.2) is 66.7 Å². The van der Waals surface area contributed by atoms with Crippen molar-refractivity contribution in [3.63, 3.8) is 0 Å². The lowest BCUT2D eigenvalue weighted by Crippen LogP contribution is -2.03. The van der Waals surface area contributed by atoms with Gasteiger partial charge in [-0.25, -0.2) is 9.59 Å². The first-order valence-electron chi connectivity index (χ1n) is 7.33. The Balaban J connectivity index is 2.25. The van der Waals surface area contributed by atoms with Gasteiger partial charge in [0.05, 0.1) is 11.1 Å². The zero-order valence-electron chi connectivity index (χ0n) is 12.6. The quantitative estimate of drug-likeness (QED) is 0.559. The van der Waals surface area contributed by atoms with Gasteiger partial charge in [-0.15, -0.1) is 0 Å². The van der Waals surface area contributed by atoms with Crippen LogP contribution in [0.3, 0.4) is 0 Å². The second-order valence-corrected chi connectivity index (χ2v) is 5.28. The van der Waals surface area contributed by atoms with E-state index < -0.39 is 11.9 Å². The molecule has 0 saturated carbocycles. The van der Waals surface area contributed by atoms with E-state index in [0.29, 0.717) is 11.1 Å². The molecule has 0 aromatic heterocycles. The van der Waals surface area contributed by atoms with E-state index in [1.807, 2.05) is 30.3 Å². The molecule has 118 valence electrons. The highest BCUT2D eigenvalue weighted by Gasteiger charge is 2.15. The second kappa shape index (κ2) is 6.38. The topological polar surface area (TPSA) is 74.6 Å². The molecule has 2 N–H and O–H groups in total. The first-order valence-corrected chi connectivity index (χ1v) is 7.33. The first-order chi connectivity index (χ1) is 11.6. The number of aliphatic carboxylic acids is 1. The smallest absolute Gasteiger partial charge is 0.336 e. The summed E-state index contributed by atoms with van der Waals surface area (Å²) in [6.45, 7) is 0. The van der Waals surface area contributed by atoms with Gasteiger partial charge in [0.2, 0.25) is 0 Å². The SMILES string of the molecule is O=C(O)/C(=C\c1ccccc1C(=O)O)c1cccc2ccccc12. The zero-order valence-corrected chi connectivity index (χ0v) is 12.6. The van der Waals surface area contributed by atoms with Crippen LogP contribution in [0, 0.1) is 0 Å². The minimum Gasteiger partial charge on any atom is -0.478 e. The molecule has 0 aliphatic heterocycles. The lowest BCUT2D eigenvalue weighted by molar-refractivity contribution is -0.130. The number of aromatic carboxylic acids is 1. The Kier molecular flexibility index (Phi) is 4.12. The van der Waals surface area contributed by atoms with E-state index >= 15 is 0 Å². The average molecular weight is 318 g/mol. The summed E-state index contributed by atoms with van der Waals surface area (Å²) in [6.07, 6.45) is 1.41. The van der Waals surface area contributed by atoms with E-state index in [0.717, 1.165) is 10.8 Å². The largest absolute Gasteiger partial charge is 0.478 e. The van der Waals surface area contributed by atoms with Crippen molar-refractivity contribution in [1.29, 1.82) is 0 Å². The van der Waals surface area contributed by atoms with Crippen molar-refractivity contribution >= 4 is 34.4 Å². The molecular weight excluding hydrogens is 304 g/mol. The highest BCUT2D eigenvalue weighted by molar-refractivity contribution is 6.24. The molecule has 0 spiro atoms. The number of hydrogen-bond donors (Lipinski definition) is 2. The maximum Gasteiger partial charge on any atom is 0.336 e. The van der Waals surface area contributed by atoms with Gasteiger partial charge in [-0.2, -0.15) is 0 Å². The van der Waals surface area contributed by atoms with Crippen molar-refractivity contribution in [2.75, 3.05) is 0 Å². The highest BCUT2D eigenvalue weighted by atomic mass is 16.4. The Morgan fingerprint density at radius 3 is 2.12 bits per heavy atom. The molecule has 0 aliphatic carbocycles. The van der Waals surface area contributed by atoms with Gasteiger partial charge in [-0.1, -0.05) is 60.7 Å². The molecule has 0 amide bonds. The molecule has 0 unspecified atom stereocenters. The molecule has 0 aliphatic rings. The summed E-state index contributed by atoms with van der Waals surface area (Å²) in [5.74, 6) is -2.20. The van der Waals surface area contributed by atoms with Gasteiger partial charge in [-0.05, 0) is 34.0 Å². The summed E-state index contributed by atoms with van der Waals surface area (Å²) in [4.78, 5) is 23.2.